The van der Waals surface area contributed by atoms with E-state index in [9.17, 15) is 9.59 Å². The highest BCUT2D eigenvalue weighted by molar-refractivity contribution is 7.15. The zero-order valence-corrected chi connectivity index (χ0v) is 18.3. The number of hydrogen-bond acceptors (Lipinski definition) is 6. The predicted octanol–water partition coefficient (Wildman–Crippen LogP) is 4.96. The number of ether oxygens (including phenoxy) is 3. The number of rotatable bonds is 7. The lowest BCUT2D eigenvalue weighted by molar-refractivity contribution is -0.117. The Morgan fingerprint density at radius 2 is 1.74 bits per heavy atom. The molecule has 1 amide bonds. The van der Waals surface area contributed by atoms with Gasteiger partial charge in [0.15, 0.2) is 11.5 Å². The van der Waals surface area contributed by atoms with Crippen LogP contribution in [-0.4, -0.2) is 33.2 Å². The van der Waals surface area contributed by atoms with Gasteiger partial charge in [0.1, 0.15) is 10.6 Å². The number of methoxy groups -OCH3 is 3. The molecule has 1 aromatic heterocycles. The van der Waals surface area contributed by atoms with Crippen LogP contribution < -0.4 is 14.8 Å². The van der Waals surface area contributed by atoms with Crippen LogP contribution in [0.1, 0.15) is 28.3 Å². The topological polar surface area (TPSA) is 73.9 Å². The first kappa shape index (κ1) is 20.9. The van der Waals surface area contributed by atoms with Crippen LogP contribution in [0.5, 0.6) is 11.5 Å². The molecular weight excluding hydrogens is 414 g/mol. The van der Waals surface area contributed by atoms with E-state index in [1.165, 1.54) is 18.4 Å². The van der Waals surface area contributed by atoms with Crippen LogP contribution in [0.4, 0.5) is 5.00 Å². The Kier molecular flexibility index (Phi) is 5.95. The number of benzene rings is 2. The Morgan fingerprint density at radius 3 is 2.42 bits per heavy atom. The summed E-state index contributed by atoms with van der Waals surface area (Å²) >= 11 is 1.30. The van der Waals surface area contributed by atoms with Gasteiger partial charge in [-0.1, -0.05) is 36.4 Å². The molecule has 3 aromatic rings. The van der Waals surface area contributed by atoms with Crippen LogP contribution in [-0.2, 0) is 9.53 Å². The van der Waals surface area contributed by atoms with E-state index in [0.717, 1.165) is 17.5 Å². The minimum atomic E-state index is -0.503. The number of thiophene rings is 1. The standard InChI is InChI=1S/C24H23NO5S/c1-28-19-10-9-15(11-20(19)29-2)18-13-31-23(21(18)24(27)30-3)25-22(26)17-12-16(17)14-7-5-4-6-8-14/h4-11,13,16-17H,12H2,1-3H3,(H,25,26)/t16-,17+/m1/s1. The highest BCUT2D eigenvalue weighted by atomic mass is 32.1. The van der Waals surface area contributed by atoms with E-state index >= 15 is 0 Å². The third-order valence-electron chi connectivity index (χ3n) is 5.47. The molecule has 2 atom stereocenters. The molecular formula is C24H23NO5S. The van der Waals surface area contributed by atoms with Gasteiger partial charge in [-0.05, 0) is 35.6 Å². The van der Waals surface area contributed by atoms with Crippen molar-refractivity contribution >= 4 is 28.2 Å². The molecule has 0 spiro atoms. The van der Waals surface area contributed by atoms with Crippen molar-refractivity contribution in [3.63, 3.8) is 0 Å². The van der Waals surface area contributed by atoms with Gasteiger partial charge in [0.2, 0.25) is 5.91 Å². The second kappa shape index (κ2) is 8.81. The third-order valence-corrected chi connectivity index (χ3v) is 6.36. The van der Waals surface area contributed by atoms with E-state index in [2.05, 4.69) is 5.32 Å². The molecule has 1 saturated carbocycles. The van der Waals surface area contributed by atoms with Gasteiger partial charge in [0.25, 0.3) is 0 Å². The molecule has 0 bridgehead atoms. The highest BCUT2D eigenvalue weighted by Gasteiger charge is 2.44. The van der Waals surface area contributed by atoms with Crippen LogP contribution in [0.25, 0.3) is 11.1 Å². The van der Waals surface area contributed by atoms with Crippen molar-refractivity contribution in [2.75, 3.05) is 26.6 Å². The lowest BCUT2D eigenvalue weighted by Crippen LogP contribution is -2.16. The molecule has 2 aromatic carbocycles. The molecule has 1 aliphatic carbocycles. The minimum absolute atomic E-state index is 0.0836. The lowest BCUT2D eigenvalue weighted by atomic mass is 10.0. The van der Waals surface area contributed by atoms with E-state index in [-0.39, 0.29) is 17.7 Å². The van der Waals surface area contributed by atoms with E-state index in [1.54, 1.807) is 26.4 Å². The smallest absolute Gasteiger partial charge is 0.341 e. The first-order valence-electron chi connectivity index (χ1n) is 9.85. The van der Waals surface area contributed by atoms with Crippen molar-refractivity contribution in [3.05, 3.63) is 65.0 Å². The molecule has 0 radical (unpaired) electrons. The van der Waals surface area contributed by atoms with Gasteiger partial charge >= 0.3 is 5.97 Å². The molecule has 7 heteroatoms. The summed E-state index contributed by atoms with van der Waals surface area (Å²) in [6.45, 7) is 0. The van der Waals surface area contributed by atoms with Gasteiger partial charge < -0.3 is 19.5 Å². The van der Waals surface area contributed by atoms with E-state index in [1.807, 2.05) is 41.8 Å². The zero-order chi connectivity index (χ0) is 22.0. The average Bonchev–Trinajstić information content (AvgIpc) is 3.52. The van der Waals surface area contributed by atoms with Gasteiger partial charge in [0.05, 0.1) is 21.3 Å². The van der Waals surface area contributed by atoms with Crippen LogP contribution in [0.2, 0.25) is 0 Å². The summed E-state index contributed by atoms with van der Waals surface area (Å²) in [7, 11) is 4.45. The fourth-order valence-electron chi connectivity index (χ4n) is 3.73. The highest BCUT2D eigenvalue weighted by Crippen LogP contribution is 2.48. The Hall–Kier alpha value is -3.32. The normalized spacial score (nSPS) is 17.0. The van der Waals surface area contributed by atoms with E-state index < -0.39 is 5.97 Å². The first-order valence-corrected chi connectivity index (χ1v) is 10.7. The molecule has 4 rings (SSSR count). The number of carbonyl (C=O) groups is 2. The quantitative estimate of drug-likeness (QED) is 0.529. The van der Waals surface area contributed by atoms with Gasteiger partial charge in [-0.3, -0.25) is 4.79 Å². The van der Waals surface area contributed by atoms with Gasteiger partial charge in [0, 0.05) is 16.9 Å². The molecule has 6 nitrogen and oxygen atoms in total. The maximum absolute atomic E-state index is 12.9. The largest absolute Gasteiger partial charge is 0.493 e. The van der Waals surface area contributed by atoms with Crippen molar-refractivity contribution < 1.29 is 23.8 Å². The summed E-state index contributed by atoms with van der Waals surface area (Å²) in [6, 6.07) is 15.4. The lowest BCUT2D eigenvalue weighted by Gasteiger charge is -2.11. The zero-order valence-electron chi connectivity index (χ0n) is 17.5. The monoisotopic (exact) mass is 437 g/mol. The molecule has 160 valence electrons. The Morgan fingerprint density at radius 1 is 1.00 bits per heavy atom. The Balaban J connectivity index is 1.60. The molecule has 0 unspecified atom stereocenters. The summed E-state index contributed by atoms with van der Waals surface area (Å²) < 4.78 is 15.7. The number of anilines is 1. The van der Waals surface area contributed by atoms with E-state index in [4.69, 9.17) is 14.2 Å². The molecule has 0 saturated heterocycles. The Bertz CT molecular complexity index is 1110. The molecule has 31 heavy (non-hydrogen) atoms. The summed E-state index contributed by atoms with van der Waals surface area (Å²) in [6.07, 6.45) is 0.803. The number of nitrogens with one attached hydrogen (secondary N) is 1. The number of hydrogen-bond donors (Lipinski definition) is 1. The van der Waals surface area contributed by atoms with Crippen LogP contribution in [0, 0.1) is 5.92 Å². The second-order valence-corrected chi connectivity index (χ2v) is 8.14. The molecule has 1 N–H and O–H groups in total. The Labute approximate surface area is 184 Å². The van der Waals surface area contributed by atoms with Gasteiger partial charge in [-0.2, -0.15) is 0 Å². The molecule has 1 fully saturated rings. The fourth-order valence-corrected chi connectivity index (χ4v) is 4.69. The van der Waals surface area contributed by atoms with E-state index in [0.29, 0.717) is 27.6 Å². The van der Waals surface area contributed by atoms with Crippen LogP contribution in [0.15, 0.2) is 53.9 Å². The second-order valence-electron chi connectivity index (χ2n) is 7.26. The van der Waals surface area contributed by atoms with Crippen molar-refractivity contribution in [1.29, 1.82) is 0 Å². The molecule has 0 aliphatic heterocycles. The van der Waals surface area contributed by atoms with Crippen LogP contribution in [0.3, 0.4) is 0 Å². The first-order chi connectivity index (χ1) is 15.1. The predicted molar refractivity (Wildman–Crippen MR) is 120 cm³/mol. The maximum Gasteiger partial charge on any atom is 0.341 e. The third kappa shape index (κ3) is 4.14. The number of amides is 1. The number of esters is 1. The average molecular weight is 438 g/mol. The van der Waals surface area contributed by atoms with Crippen molar-refractivity contribution in [3.8, 4) is 22.6 Å². The fraction of sp³-hybridized carbons (Fsp3) is 0.250. The summed E-state index contributed by atoms with van der Waals surface area (Å²) in [5, 5.41) is 5.28. The SMILES string of the molecule is COC(=O)c1c(-c2ccc(OC)c(OC)c2)csc1NC(=O)[C@H]1C[C@@H]1c1ccccc1. The van der Waals surface area contributed by atoms with Crippen LogP contribution >= 0.6 is 11.3 Å². The molecule has 1 aliphatic rings. The summed E-state index contributed by atoms with van der Waals surface area (Å²) in [5.74, 6) is 0.677. The molecule has 1 heterocycles. The van der Waals surface area contributed by atoms with Gasteiger partial charge in [-0.25, -0.2) is 4.79 Å². The van der Waals surface area contributed by atoms with Crippen molar-refractivity contribution in [2.45, 2.75) is 12.3 Å². The van der Waals surface area contributed by atoms with Crippen molar-refractivity contribution in [2.24, 2.45) is 5.92 Å². The number of carbonyl (C=O) groups excluding carboxylic acids is 2. The summed E-state index contributed by atoms with van der Waals surface area (Å²) in [5.41, 5.74) is 2.94. The van der Waals surface area contributed by atoms with Gasteiger partial charge in [-0.15, -0.1) is 11.3 Å². The summed E-state index contributed by atoms with van der Waals surface area (Å²) in [4.78, 5) is 25.5. The van der Waals surface area contributed by atoms with Crippen molar-refractivity contribution in [1.82, 2.24) is 0 Å². The maximum atomic E-state index is 12.9. The minimum Gasteiger partial charge on any atom is -0.493 e.